The number of carbonyl (C=O) groups excluding carboxylic acids is 2. The molecule has 2 atom stereocenters. The molecule has 0 unspecified atom stereocenters. The van der Waals surface area contributed by atoms with Gasteiger partial charge in [-0.3, -0.25) is 9.59 Å². The highest BCUT2D eigenvalue weighted by atomic mass is 16.5. The van der Waals surface area contributed by atoms with Gasteiger partial charge in [0, 0.05) is 44.5 Å². The third-order valence-corrected chi connectivity index (χ3v) is 7.35. The number of carboxylic acids is 1. The predicted octanol–water partition coefficient (Wildman–Crippen LogP) is 3.25. The number of hydrogen-bond donors (Lipinski definition) is 2. The molecule has 2 aliphatic heterocycles. The standard InChI is InChI=1S/C27H30N2O6/c30-24(31)10-9-17-14-29(15-17)26(32)25-18(11-12-34-25)13-28-27(33)35-16-23-21-7-3-1-5-19(21)20-6-2-4-8-22(20)23/h1-8,17-18,23,25H,9-16H2,(H,28,33)(H,30,31)/t18-,25-/m1/s1. The largest absolute Gasteiger partial charge is 0.481 e. The minimum atomic E-state index is -0.812. The first kappa shape index (κ1) is 23.4. The van der Waals surface area contributed by atoms with Gasteiger partial charge >= 0.3 is 12.1 Å². The van der Waals surface area contributed by atoms with Crippen LogP contribution in [0.3, 0.4) is 0 Å². The van der Waals surface area contributed by atoms with E-state index in [0.29, 0.717) is 39.1 Å². The molecule has 0 aromatic heterocycles. The Kier molecular flexibility index (Phi) is 6.72. The highest BCUT2D eigenvalue weighted by Gasteiger charge is 2.41. The number of ether oxygens (including phenoxy) is 2. The van der Waals surface area contributed by atoms with Gasteiger partial charge in [-0.25, -0.2) is 4.79 Å². The van der Waals surface area contributed by atoms with E-state index in [1.807, 2.05) is 24.3 Å². The van der Waals surface area contributed by atoms with Gasteiger partial charge in [0.15, 0.2) is 0 Å². The lowest BCUT2D eigenvalue weighted by Crippen LogP contribution is -2.55. The van der Waals surface area contributed by atoms with E-state index in [2.05, 4.69) is 29.6 Å². The molecular formula is C27H30N2O6. The van der Waals surface area contributed by atoms with Crippen LogP contribution in [-0.2, 0) is 19.1 Å². The zero-order valence-electron chi connectivity index (χ0n) is 19.5. The molecule has 0 saturated carbocycles. The highest BCUT2D eigenvalue weighted by molar-refractivity contribution is 5.82. The Balaban J connectivity index is 1.10. The summed E-state index contributed by atoms with van der Waals surface area (Å²) in [5, 5.41) is 11.6. The minimum Gasteiger partial charge on any atom is -0.481 e. The van der Waals surface area contributed by atoms with Crippen LogP contribution in [0.2, 0.25) is 0 Å². The molecule has 8 heteroatoms. The number of aliphatic carboxylic acids is 1. The van der Waals surface area contributed by atoms with Gasteiger partial charge in [0.05, 0.1) is 0 Å². The van der Waals surface area contributed by atoms with E-state index in [0.717, 1.165) is 11.1 Å². The number of nitrogens with one attached hydrogen (secondary N) is 1. The number of alkyl carbamates (subject to hydrolysis) is 1. The molecule has 2 heterocycles. The summed E-state index contributed by atoms with van der Waals surface area (Å²) in [6, 6.07) is 16.4. The molecule has 2 saturated heterocycles. The number of fused-ring (bicyclic) bond motifs is 3. The smallest absolute Gasteiger partial charge is 0.407 e. The van der Waals surface area contributed by atoms with Crippen LogP contribution in [0.4, 0.5) is 4.79 Å². The normalized spacial score (nSPS) is 21.2. The summed E-state index contributed by atoms with van der Waals surface area (Å²) in [5.74, 6) is -0.769. The molecule has 3 aliphatic rings. The number of carboxylic acid groups (broad SMARTS) is 1. The second-order valence-corrected chi connectivity index (χ2v) is 9.59. The van der Waals surface area contributed by atoms with Gasteiger partial charge in [-0.15, -0.1) is 0 Å². The number of nitrogens with zero attached hydrogens (tertiary/aromatic N) is 1. The maximum absolute atomic E-state index is 12.8. The van der Waals surface area contributed by atoms with Crippen molar-refractivity contribution in [3.05, 3.63) is 59.7 Å². The number of amides is 2. The van der Waals surface area contributed by atoms with Crippen molar-refractivity contribution in [2.75, 3.05) is 32.8 Å². The van der Waals surface area contributed by atoms with E-state index in [4.69, 9.17) is 14.6 Å². The van der Waals surface area contributed by atoms with Crippen LogP contribution < -0.4 is 5.32 Å². The van der Waals surface area contributed by atoms with Crippen molar-refractivity contribution in [1.82, 2.24) is 10.2 Å². The molecule has 35 heavy (non-hydrogen) atoms. The average Bonchev–Trinajstić information content (AvgIpc) is 3.43. The summed E-state index contributed by atoms with van der Waals surface area (Å²) in [4.78, 5) is 37.8. The summed E-state index contributed by atoms with van der Waals surface area (Å²) in [6.07, 6.45) is 0.319. The number of carbonyl (C=O) groups is 3. The third kappa shape index (κ3) is 4.89. The molecule has 0 radical (unpaired) electrons. The Morgan fingerprint density at radius 1 is 1.03 bits per heavy atom. The molecule has 2 aromatic carbocycles. The first-order chi connectivity index (χ1) is 17.0. The van der Waals surface area contributed by atoms with Crippen molar-refractivity contribution in [3.63, 3.8) is 0 Å². The molecule has 0 bridgehead atoms. The molecule has 0 spiro atoms. The summed E-state index contributed by atoms with van der Waals surface area (Å²) in [6.45, 7) is 2.17. The first-order valence-electron chi connectivity index (χ1n) is 12.2. The van der Waals surface area contributed by atoms with E-state index in [1.54, 1.807) is 4.90 Å². The number of likely N-dealkylation sites (tertiary alicyclic amines) is 1. The van der Waals surface area contributed by atoms with E-state index < -0.39 is 18.2 Å². The molecule has 8 nitrogen and oxygen atoms in total. The van der Waals surface area contributed by atoms with Crippen LogP contribution in [0, 0.1) is 11.8 Å². The van der Waals surface area contributed by atoms with Gasteiger partial charge in [0.1, 0.15) is 12.7 Å². The minimum absolute atomic E-state index is 0.00206. The predicted molar refractivity (Wildman–Crippen MR) is 128 cm³/mol. The molecule has 2 amide bonds. The van der Waals surface area contributed by atoms with Gasteiger partial charge in [0.25, 0.3) is 5.91 Å². The van der Waals surface area contributed by atoms with Gasteiger partial charge in [0.2, 0.25) is 0 Å². The molecular weight excluding hydrogens is 448 g/mol. The zero-order valence-corrected chi connectivity index (χ0v) is 19.5. The van der Waals surface area contributed by atoms with Gasteiger partial charge in [-0.05, 0) is 41.0 Å². The summed E-state index contributed by atoms with van der Waals surface area (Å²) < 4.78 is 11.3. The van der Waals surface area contributed by atoms with Crippen LogP contribution in [0.5, 0.6) is 0 Å². The lowest BCUT2D eigenvalue weighted by Gasteiger charge is -2.41. The quantitative estimate of drug-likeness (QED) is 0.604. The molecule has 2 fully saturated rings. The third-order valence-electron chi connectivity index (χ3n) is 7.35. The van der Waals surface area contributed by atoms with Crippen molar-refractivity contribution >= 4 is 18.0 Å². The highest BCUT2D eigenvalue weighted by Crippen LogP contribution is 2.44. The monoisotopic (exact) mass is 478 g/mol. The first-order valence-corrected chi connectivity index (χ1v) is 12.2. The molecule has 184 valence electrons. The number of rotatable bonds is 8. The van der Waals surface area contributed by atoms with E-state index >= 15 is 0 Å². The number of benzene rings is 2. The molecule has 2 N–H and O–H groups in total. The van der Waals surface area contributed by atoms with Gasteiger partial charge in [-0.2, -0.15) is 0 Å². The van der Waals surface area contributed by atoms with E-state index in [1.165, 1.54) is 11.1 Å². The molecule has 1 aliphatic carbocycles. The van der Waals surface area contributed by atoms with Crippen LogP contribution in [0.25, 0.3) is 11.1 Å². The fourth-order valence-corrected chi connectivity index (χ4v) is 5.42. The summed E-state index contributed by atoms with van der Waals surface area (Å²) in [7, 11) is 0. The Morgan fingerprint density at radius 2 is 1.69 bits per heavy atom. The molecule has 5 rings (SSSR count). The van der Waals surface area contributed by atoms with Crippen molar-refractivity contribution in [2.24, 2.45) is 11.8 Å². The van der Waals surface area contributed by atoms with Crippen LogP contribution in [0.15, 0.2) is 48.5 Å². The Bertz CT molecular complexity index is 1070. The summed E-state index contributed by atoms with van der Waals surface area (Å²) >= 11 is 0. The Hall–Kier alpha value is -3.39. The van der Waals surface area contributed by atoms with Gasteiger partial charge < -0.3 is 24.8 Å². The van der Waals surface area contributed by atoms with Crippen LogP contribution >= 0.6 is 0 Å². The fourth-order valence-electron chi connectivity index (χ4n) is 5.42. The molecule has 2 aromatic rings. The van der Waals surface area contributed by atoms with Crippen molar-refractivity contribution in [2.45, 2.75) is 31.3 Å². The van der Waals surface area contributed by atoms with Crippen molar-refractivity contribution in [1.29, 1.82) is 0 Å². The maximum atomic E-state index is 12.8. The lowest BCUT2D eigenvalue weighted by atomic mass is 9.92. The number of hydrogen-bond acceptors (Lipinski definition) is 5. The second kappa shape index (κ2) is 10.1. The SMILES string of the molecule is O=C(O)CCC1CN(C(=O)[C@@H]2OCC[C@@H]2CNC(=O)OCC2c3ccccc3-c3ccccc32)C1. The van der Waals surface area contributed by atoms with Crippen molar-refractivity contribution in [3.8, 4) is 11.1 Å². The second-order valence-electron chi connectivity index (χ2n) is 9.59. The average molecular weight is 479 g/mol. The van der Waals surface area contributed by atoms with Gasteiger partial charge in [-0.1, -0.05) is 48.5 Å². The topological polar surface area (TPSA) is 105 Å². The van der Waals surface area contributed by atoms with Crippen LogP contribution in [-0.4, -0.2) is 66.9 Å². The fraction of sp³-hybridized carbons (Fsp3) is 0.444. The van der Waals surface area contributed by atoms with E-state index in [9.17, 15) is 14.4 Å². The Labute approximate surface area is 204 Å². The maximum Gasteiger partial charge on any atom is 0.407 e. The lowest BCUT2D eigenvalue weighted by molar-refractivity contribution is -0.149. The zero-order chi connectivity index (χ0) is 24.4. The van der Waals surface area contributed by atoms with Crippen LogP contribution in [0.1, 0.15) is 36.3 Å². The van der Waals surface area contributed by atoms with E-state index in [-0.39, 0.29) is 36.7 Å². The van der Waals surface area contributed by atoms with Crippen molar-refractivity contribution < 1.29 is 29.0 Å². The summed E-state index contributed by atoms with van der Waals surface area (Å²) in [5.41, 5.74) is 4.68. The Morgan fingerprint density at radius 3 is 2.34 bits per heavy atom.